The summed E-state index contributed by atoms with van der Waals surface area (Å²) in [6, 6.07) is 2.03. The Morgan fingerprint density at radius 2 is 2.00 bits per heavy atom. The third-order valence-electron chi connectivity index (χ3n) is 1.84. The average Bonchev–Trinajstić information content (AvgIpc) is 2.48. The highest BCUT2D eigenvalue weighted by atomic mass is 32.1. The van der Waals surface area contributed by atoms with E-state index in [0.717, 1.165) is 12.1 Å². The van der Waals surface area contributed by atoms with Gasteiger partial charge in [-0.25, -0.2) is 13.8 Å². The predicted octanol–water partition coefficient (Wildman–Crippen LogP) is 2.59. The fourth-order valence-corrected chi connectivity index (χ4v) is 2.06. The summed E-state index contributed by atoms with van der Waals surface area (Å²) in [6.45, 7) is 1.78. The summed E-state index contributed by atoms with van der Waals surface area (Å²) in [6.07, 6.45) is 0. The minimum absolute atomic E-state index is 0.210. The zero-order chi connectivity index (χ0) is 10.3. The van der Waals surface area contributed by atoms with Gasteiger partial charge in [0, 0.05) is 6.07 Å². The molecule has 1 unspecified atom stereocenters. The first-order valence-corrected chi connectivity index (χ1v) is 4.90. The van der Waals surface area contributed by atoms with Crippen molar-refractivity contribution >= 4 is 21.6 Å². The van der Waals surface area contributed by atoms with Crippen LogP contribution < -0.4 is 5.73 Å². The second kappa shape index (κ2) is 3.25. The number of thiazole rings is 1. The summed E-state index contributed by atoms with van der Waals surface area (Å²) in [4.78, 5) is 4.10. The maximum atomic E-state index is 12.8. The van der Waals surface area contributed by atoms with Crippen LogP contribution in [-0.2, 0) is 0 Å². The Balaban J connectivity index is 2.66. The van der Waals surface area contributed by atoms with Gasteiger partial charge in [-0.05, 0) is 13.0 Å². The smallest absolute Gasteiger partial charge is 0.161 e. The van der Waals surface area contributed by atoms with Crippen molar-refractivity contribution < 1.29 is 8.78 Å². The highest BCUT2D eigenvalue weighted by Crippen LogP contribution is 2.27. The Bertz CT molecular complexity index is 440. The van der Waals surface area contributed by atoms with Gasteiger partial charge < -0.3 is 5.73 Å². The molecule has 2 nitrogen and oxygen atoms in total. The summed E-state index contributed by atoms with van der Waals surface area (Å²) in [5.74, 6) is -1.73. The normalized spacial score (nSPS) is 13.4. The molecule has 1 aromatic heterocycles. The van der Waals surface area contributed by atoms with Crippen molar-refractivity contribution in [2.45, 2.75) is 13.0 Å². The Hall–Kier alpha value is -1.07. The van der Waals surface area contributed by atoms with Gasteiger partial charge in [0.1, 0.15) is 5.01 Å². The number of aromatic nitrogens is 1. The van der Waals surface area contributed by atoms with Gasteiger partial charge in [-0.3, -0.25) is 0 Å². The van der Waals surface area contributed by atoms with Crippen molar-refractivity contribution in [3.8, 4) is 0 Å². The van der Waals surface area contributed by atoms with E-state index in [9.17, 15) is 8.78 Å². The van der Waals surface area contributed by atoms with Crippen LogP contribution >= 0.6 is 11.3 Å². The van der Waals surface area contributed by atoms with E-state index in [1.165, 1.54) is 11.3 Å². The van der Waals surface area contributed by atoms with E-state index in [0.29, 0.717) is 15.2 Å². The van der Waals surface area contributed by atoms with Crippen LogP contribution in [0.3, 0.4) is 0 Å². The van der Waals surface area contributed by atoms with E-state index in [2.05, 4.69) is 4.98 Å². The summed E-state index contributed by atoms with van der Waals surface area (Å²) < 4.78 is 26.3. The first-order chi connectivity index (χ1) is 6.58. The molecule has 0 aliphatic rings. The summed E-state index contributed by atoms with van der Waals surface area (Å²) in [5.41, 5.74) is 6.07. The fraction of sp³-hybridized carbons (Fsp3) is 0.222. The molecule has 0 radical (unpaired) electrons. The first kappa shape index (κ1) is 9.48. The van der Waals surface area contributed by atoms with Gasteiger partial charge in [-0.1, -0.05) is 0 Å². The topological polar surface area (TPSA) is 38.9 Å². The van der Waals surface area contributed by atoms with Crippen molar-refractivity contribution in [1.29, 1.82) is 0 Å². The number of nitrogens with zero attached hydrogens (tertiary/aromatic N) is 1. The molecule has 0 saturated heterocycles. The van der Waals surface area contributed by atoms with Crippen LogP contribution in [0.15, 0.2) is 12.1 Å². The largest absolute Gasteiger partial charge is 0.322 e. The lowest BCUT2D eigenvalue weighted by Gasteiger charge is -1.95. The van der Waals surface area contributed by atoms with Gasteiger partial charge in [-0.2, -0.15) is 0 Å². The molecule has 0 aliphatic heterocycles. The fourth-order valence-electron chi connectivity index (χ4n) is 1.14. The number of hydrogen-bond acceptors (Lipinski definition) is 3. The van der Waals surface area contributed by atoms with E-state index in [4.69, 9.17) is 5.73 Å². The molecule has 0 fully saturated rings. The molecule has 0 saturated carbocycles. The maximum Gasteiger partial charge on any atom is 0.161 e. The molecule has 0 bridgehead atoms. The van der Waals surface area contributed by atoms with Crippen LogP contribution in [-0.4, -0.2) is 4.98 Å². The maximum absolute atomic E-state index is 12.8. The summed E-state index contributed by atoms with van der Waals surface area (Å²) >= 11 is 1.29. The predicted molar refractivity (Wildman–Crippen MR) is 52.1 cm³/mol. The van der Waals surface area contributed by atoms with Crippen molar-refractivity contribution in [3.63, 3.8) is 0 Å². The Morgan fingerprint density at radius 3 is 2.64 bits per heavy atom. The van der Waals surface area contributed by atoms with Crippen molar-refractivity contribution in [3.05, 3.63) is 28.8 Å². The van der Waals surface area contributed by atoms with Gasteiger partial charge in [0.15, 0.2) is 11.6 Å². The highest BCUT2D eigenvalue weighted by Gasteiger charge is 2.11. The van der Waals surface area contributed by atoms with E-state index in [-0.39, 0.29) is 6.04 Å². The van der Waals surface area contributed by atoms with E-state index >= 15 is 0 Å². The van der Waals surface area contributed by atoms with Gasteiger partial charge in [0.2, 0.25) is 0 Å². The molecule has 0 aliphatic carbocycles. The van der Waals surface area contributed by atoms with Crippen LogP contribution in [0.1, 0.15) is 18.0 Å². The minimum Gasteiger partial charge on any atom is -0.322 e. The van der Waals surface area contributed by atoms with Crippen molar-refractivity contribution in [2.75, 3.05) is 0 Å². The van der Waals surface area contributed by atoms with Crippen LogP contribution in [0.5, 0.6) is 0 Å². The monoisotopic (exact) mass is 214 g/mol. The van der Waals surface area contributed by atoms with Gasteiger partial charge in [-0.15, -0.1) is 11.3 Å². The molecule has 0 spiro atoms. The standard InChI is InChI=1S/C9H8F2N2S/c1-4(12)9-13-7-2-5(10)6(11)3-8(7)14-9/h2-4H,12H2,1H3. The third kappa shape index (κ3) is 1.49. The molecule has 0 amide bonds. The molecule has 5 heteroatoms. The van der Waals surface area contributed by atoms with Crippen molar-refractivity contribution in [1.82, 2.24) is 4.98 Å². The highest BCUT2D eigenvalue weighted by molar-refractivity contribution is 7.18. The number of nitrogens with two attached hydrogens (primary N) is 1. The van der Waals surface area contributed by atoms with E-state index < -0.39 is 11.6 Å². The Labute approximate surface area is 83.4 Å². The molecule has 2 N–H and O–H groups in total. The zero-order valence-corrected chi connectivity index (χ0v) is 8.24. The molecule has 74 valence electrons. The molecule has 14 heavy (non-hydrogen) atoms. The van der Waals surface area contributed by atoms with E-state index in [1.54, 1.807) is 6.92 Å². The number of hydrogen-bond donors (Lipinski definition) is 1. The van der Waals surface area contributed by atoms with Crippen molar-refractivity contribution in [2.24, 2.45) is 5.73 Å². The quantitative estimate of drug-likeness (QED) is 0.792. The number of benzene rings is 1. The second-order valence-corrected chi connectivity index (χ2v) is 4.14. The lowest BCUT2D eigenvalue weighted by molar-refractivity contribution is 0.511. The molecular weight excluding hydrogens is 206 g/mol. The molecule has 1 aromatic carbocycles. The minimum atomic E-state index is -0.876. The van der Waals surface area contributed by atoms with Crippen LogP contribution in [0.2, 0.25) is 0 Å². The first-order valence-electron chi connectivity index (χ1n) is 4.09. The van der Waals surface area contributed by atoms with Gasteiger partial charge in [0.05, 0.1) is 16.3 Å². The lowest BCUT2D eigenvalue weighted by atomic mass is 10.3. The second-order valence-electron chi connectivity index (χ2n) is 3.07. The van der Waals surface area contributed by atoms with Crippen LogP contribution in [0.4, 0.5) is 8.78 Å². The Morgan fingerprint density at radius 1 is 1.36 bits per heavy atom. The SMILES string of the molecule is CC(N)c1nc2cc(F)c(F)cc2s1. The molecule has 1 atom stereocenters. The zero-order valence-electron chi connectivity index (χ0n) is 7.42. The van der Waals surface area contributed by atoms with Crippen LogP contribution in [0, 0.1) is 11.6 Å². The Kier molecular flexibility index (Phi) is 2.20. The molecule has 2 rings (SSSR count). The third-order valence-corrected chi connectivity index (χ3v) is 3.06. The van der Waals surface area contributed by atoms with Gasteiger partial charge in [0.25, 0.3) is 0 Å². The number of rotatable bonds is 1. The number of halogens is 2. The van der Waals surface area contributed by atoms with Gasteiger partial charge >= 0.3 is 0 Å². The summed E-state index contributed by atoms with van der Waals surface area (Å²) in [7, 11) is 0. The molecular formula is C9H8F2N2S. The average molecular weight is 214 g/mol. The van der Waals surface area contributed by atoms with Crippen LogP contribution in [0.25, 0.3) is 10.2 Å². The number of fused-ring (bicyclic) bond motifs is 1. The molecule has 2 aromatic rings. The van der Waals surface area contributed by atoms with E-state index in [1.807, 2.05) is 0 Å². The lowest BCUT2D eigenvalue weighted by Crippen LogP contribution is -2.03. The molecule has 1 heterocycles. The summed E-state index contributed by atoms with van der Waals surface area (Å²) in [5, 5.41) is 0.685.